The maximum Gasteiger partial charge on any atom is 0.146 e. The third-order valence-electron chi connectivity index (χ3n) is 1.80. The van der Waals surface area contributed by atoms with Gasteiger partial charge in [0.15, 0.2) is 0 Å². The third kappa shape index (κ3) is 2.77. The normalized spacial score (nSPS) is 10.3. The van der Waals surface area contributed by atoms with Crippen LogP contribution in [0.3, 0.4) is 0 Å². The summed E-state index contributed by atoms with van der Waals surface area (Å²) < 4.78 is 5.46. The van der Waals surface area contributed by atoms with Crippen molar-refractivity contribution in [2.45, 2.75) is 13.5 Å². The van der Waals surface area contributed by atoms with Crippen LogP contribution in [-0.4, -0.2) is 13.7 Å². The third-order valence-corrected chi connectivity index (χ3v) is 2.30. The Kier molecular flexibility index (Phi) is 4.52. The minimum Gasteiger partial charge on any atom is -0.492 e. The number of quaternary nitrogens is 1. The molecule has 1 rings (SSSR count). The zero-order chi connectivity index (χ0) is 10.6. The highest BCUT2D eigenvalue weighted by atomic mass is 35.5. The Balaban J connectivity index is 3.07. The Morgan fingerprint density at radius 3 is 2.64 bits per heavy atom. The highest BCUT2D eigenvalue weighted by Gasteiger charge is 2.10. The predicted octanol–water partition coefficient (Wildman–Crippen LogP) is 2.09. The van der Waals surface area contributed by atoms with Gasteiger partial charge in [-0.05, 0) is 19.1 Å². The fourth-order valence-corrected chi connectivity index (χ4v) is 1.88. The van der Waals surface area contributed by atoms with E-state index in [0.29, 0.717) is 16.7 Å². The molecule has 0 spiro atoms. The molecule has 1 aromatic carbocycles. The van der Waals surface area contributed by atoms with Crippen LogP contribution in [0.1, 0.15) is 12.5 Å². The van der Waals surface area contributed by atoms with E-state index in [1.165, 1.54) is 0 Å². The van der Waals surface area contributed by atoms with Crippen molar-refractivity contribution >= 4 is 23.2 Å². The minimum absolute atomic E-state index is 0.580. The molecule has 2 N–H and O–H groups in total. The Morgan fingerprint density at radius 1 is 1.36 bits per heavy atom. The van der Waals surface area contributed by atoms with Crippen molar-refractivity contribution in [2.75, 3.05) is 13.7 Å². The van der Waals surface area contributed by atoms with Gasteiger partial charge in [0, 0.05) is 5.02 Å². The first kappa shape index (κ1) is 11.6. The van der Waals surface area contributed by atoms with Gasteiger partial charge in [0.25, 0.3) is 0 Å². The van der Waals surface area contributed by atoms with Crippen molar-refractivity contribution < 1.29 is 10.1 Å². The lowest BCUT2D eigenvalue weighted by molar-refractivity contribution is -0.643. The van der Waals surface area contributed by atoms with Crippen LogP contribution >= 0.6 is 23.2 Å². The molecule has 0 aliphatic rings. The Hall–Kier alpha value is -0.440. The standard InChI is InChI=1S/C10H13Cl2NO/c1-3-14-10-7(6-13-2)4-8(11)5-9(10)12/h4-5,13H,3,6H2,1-2H3/p+1. The predicted molar refractivity (Wildman–Crippen MR) is 59.2 cm³/mol. The molecule has 0 aromatic heterocycles. The topological polar surface area (TPSA) is 25.8 Å². The molecule has 0 radical (unpaired) electrons. The van der Waals surface area contributed by atoms with Gasteiger partial charge < -0.3 is 10.1 Å². The number of hydrogen-bond acceptors (Lipinski definition) is 1. The second kappa shape index (κ2) is 5.44. The molecule has 2 nitrogen and oxygen atoms in total. The molecular weight excluding hydrogens is 221 g/mol. The summed E-state index contributed by atoms with van der Waals surface area (Å²) in [6.07, 6.45) is 0. The first-order valence-corrected chi connectivity index (χ1v) is 5.33. The van der Waals surface area contributed by atoms with Crippen LogP contribution in [0, 0.1) is 0 Å². The highest BCUT2D eigenvalue weighted by molar-refractivity contribution is 6.35. The second-order valence-electron chi connectivity index (χ2n) is 2.92. The molecule has 0 aliphatic carbocycles. The van der Waals surface area contributed by atoms with E-state index in [1.807, 2.05) is 25.4 Å². The monoisotopic (exact) mass is 234 g/mol. The molecule has 0 saturated heterocycles. The summed E-state index contributed by atoms with van der Waals surface area (Å²) in [6, 6.07) is 3.59. The second-order valence-corrected chi connectivity index (χ2v) is 3.76. The van der Waals surface area contributed by atoms with Gasteiger partial charge in [-0.1, -0.05) is 23.2 Å². The molecule has 1 aromatic rings. The molecule has 0 aliphatic heterocycles. The maximum atomic E-state index is 6.03. The Bertz CT molecular complexity index is 315. The van der Waals surface area contributed by atoms with Crippen molar-refractivity contribution in [1.82, 2.24) is 0 Å². The number of rotatable bonds is 4. The first-order chi connectivity index (χ1) is 6.69. The summed E-state index contributed by atoms with van der Waals surface area (Å²) in [5.74, 6) is 0.747. The van der Waals surface area contributed by atoms with Gasteiger partial charge in [0.1, 0.15) is 12.3 Å². The largest absolute Gasteiger partial charge is 0.492 e. The van der Waals surface area contributed by atoms with Gasteiger partial charge in [-0.25, -0.2) is 0 Å². The summed E-state index contributed by atoms with van der Waals surface area (Å²) >= 11 is 11.9. The molecule has 0 unspecified atom stereocenters. The number of hydrogen-bond donors (Lipinski definition) is 1. The van der Waals surface area contributed by atoms with Crippen molar-refractivity contribution in [3.8, 4) is 5.75 Å². The summed E-state index contributed by atoms with van der Waals surface area (Å²) in [6.45, 7) is 3.36. The molecule has 0 bridgehead atoms. The lowest BCUT2D eigenvalue weighted by Crippen LogP contribution is -2.77. The summed E-state index contributed by atoms with van der Waals surface area (Å²) in [7, 11) is 1.99. The molecule has 0 heterocycles. The van der Waals surface area contributed by atoms with Crippen LogP contribution in [-0.2, 0) is 6.54 Å². The van der Waals surface area contributed by atoms with E-state index in [1.54, 1.807) is 6.07 Å². The molecular formula is C10H14Cl2NO+. The van der Waals surface area contributed by atoms with Gasteiger partial charge >= 0.3 is 0 Å². The van der Waals surface area contributed by atoms with Crippen LogP contribution in [0.4, 0.5) is 0 Å². The Morgan fingerprint density at radius 2 is 2.07 bits per heavy atom. The van der Waals surface area contributed by atoms with Crippen LogP contribution < -0.4 is 10.1 Å². The van der Waals surface area contributed by atoms with E-state index in [0.717, 1.165) is 17.9 Å². The van der Waals surface area contributed by atoms with E-state index in [4.69, 9.17) is 27.9 Å². The molecule has 0 fully saturated rings. The van der Waals surface area contributed by atoms with E-state index >= 15 is 0 Å². The van der Waals surface area contributed by atoms with Crippen LogP contribution in [0.25, 0.3) is 0 Å². The summed E-state index contributed by atoms with van der Waals surface area (Å²) in [5.41, 5.74) is 1.03. The first-order valence-electron chi connectivity index (χ1n) is 4.57. The number of halogens is 2. The zero-order valence-corrected chi connectivity index (χ0v) is 9.82. The van der Waals surface area contributed by atoms with Crippen molar-refractivity contribution in [1.29, 1.82) is 0 Å². The molecule has 14 heavy (non-hydrogen) atoms. The quantitative estimate of drug-likeness (QED) is 0.849. The maximum absolute atomic E-state index is 6.03. The van der Waals surface area contributed by atoms with Crippen LogP contribution in [0.2, 0.25) is 10.0 Å². The van der Waals surface area contributed by atoms with E-state index in [2.05, 4.69) is 0 Å². The van der Waals surface area contributed by atoms with Gasteiger partial charge in [0.2, 0.25) is 0 Å². The fourth-order valence-electron chi connectivity index (χ4n) is 1.29. The molecule has 78 valence electrons. The SMILES string of the molecule is CCOc1c(Cl)cc(Cl)cc1C[NH2+]C. The lowest BCUT2D eigenvalue weighted by atomic mass is 10.2. The lowest BCUT2D eigenvalue weighted by Gasteiger charge is -2.10. The summed E-state index contributed by atoms with van der Waals surface area (Å²) in [5, 5.41) is 3.27. The van der Waals surface area contributed by atoms with Crippen molar-refractivity contribution in [3.05, 3.63) is 27.7 Å². The zero-order valence-electron chi connectivity index (χ0n) is 8.31. The molecule has 0 amide bonds. The van der Waals surface area contributed by atoms with Crippen LogP contribution in [0.15, 0.2) is 12.1 Å². The molecule has 0 saturated carbocycles. The number of ether oxygens (including phenoxy) is 1. The van der Waals surface area contributed by atoms with Gasteiger partial charge in [-0.3, -0.25) is 0 Å². The summed E-state index contributed by atoms with van der Waals surface area (Å²) in [4.78, 5) is 0. The average molecular weight is 235 g/mol. The van der Waals surface area contributed by atoms with Gasteiger partial charge in [-0.2, -0.15) is 0 Å². The van der Waals surface area contributed by atoms with E-state index in [-0.39, 0.29) is 0 Å². The average Bonchev–Trinajstić information content (AvgIpc) is 2.11. The molecule has 0 atom stereocenters. The van der Waals surface area contributed by atoms with Crippen molar-refractivity contribution in [2.24, 2.45) is 0 Å². The van der Waals surface area contributed by atoms with E-state index in [9.17, 15) is 0 Å². The van der Waals surface area contributed by atoms with E-state index < -0.39 is 0 Å². The Labute approximate surface area is 94.2 Å². The van der Waals surface area contributed by atoms with Gasteiger partial charge in [-0.15, -0.1) is 0 Å². The number of benzene rings is 1. The molecule has 4 heteroatoms. The minimum atomic E-state index is 0.580. The smallest absolute Gasteiger partial charge is 0.146 e. The van der Waals surface area contributed by atoms with Gasteiger partial charge in [0.05, 0.1) is 24.2 Å². The highest BCUT2D eigenvalue weighted by Crippen LogP contribution is 2.31. The van der Waals surface area contributed by atoms with Crippen molar-refractivity contribution in [3.63, 3.8) is 0 Å². The number of nitrogens with two attached hydrogens (primary N) is 1. The fraction of sp³-hybridized carbons (Fsp3) is 0.400. The van der Waals surface area contributed by atoms with Crippen LogP contribution in [0.5, 0.6) is 5.75 Å².